The van der Waals surface area contributed by atoms with E-state index in [4.69, 9.17) is 11.6 Å². The van der Waals surface area contributed by atoms with Gasteiger partial charge in [-0.25, -0.2) is 0 Å². The zero-order valence-electron chi connectivity index (χ0n) is 11.1. The molecule has 0 fully saturated rings. The summed E-state index contributed by atoms with van der Waals surface area (Å²) >= 11 is 5.90. The number of rotatable bonds is 3. The number of carbonyl (C=O) groups is 2. The van der Waals surface area contributed by atoms with Crippen molar-refractivity contribution in [3.05, 3.63) is 40.9 Å². The number of carboxylic acids is 1. The number of hydrogen-bond acceptors (Lipinski definition) is 3. The summed E-state index contributed by atoms with van der Waals surface area (Å²) in [6.45, 7) is 1.85. The Bertz CT molecular complexity index is 568. The summed E-state index contributed by atoms with van der Waals surface area (Å²) in [7, 11) is 0. The minimum absolute atomic E-state index is 0.311. The number of benzene rings is 1. The second kappa shape index (κ2) is 6.09. The molecule has 0 saturated carbocycles. The molecule has 0 aliphatic heterocycles. The van der Waals surface area contributed by atoms with E-state index in [9.17, 15) is 14.7 Å². The number of anilines is 1. The highest BCUT2D eigenvalue weighted by atomic mass is 35.5. The van der Waals surface area contributed by atoms with Crippen molar-refractivity contribution in [2.24, 2.45) is 11.8 Å². The molecule has 106 valence electrons. The highest BCUT2D eigenvalue weighted by molar-refractivity contribution is 6.31. The SMILES string of the molecule is Cc1ccc(Cl)cc1NC(=O)[C@@H]1CC=CC[C@@H]1C(=O)[O-]. The van der Waals surface area contributed by atoms with E-state index in [0.29, 0.717) is 23.6 Å². The van der Waals surface area contributed by atoms with Crippen LogP contribution in [0.5, 0.6) is 0 Å². The highest BCUT2D eigenvalue weighted by Crippen LogP contribution is 2.28. The van der Waals surface area contributed by atoms with Gasteiger partial charge in [0.1, 0.15) is 0 Å². The van der Waals surface area contributed by atoms with Crippen LogP contribution < -0.4 is 10.4 Å². The Labute approximate surface area is 122 Å². The van der Waals surface area contributed by atoms with Crippen LogP contribution in [-0.2, 0) is 9.59 Å². The number of nitrogens with one attached hydrogen (secondary N) is 1. The first-order chi connectivity index (χ1) is 9.49. The number of allylic oxidation sites excluding steroid dienone is 2. The molecule has 0 unspecified atom stereocenters. The molecule has 1 aliphatic carbocycles. The number of hydrogen-bond donors (Lipinski definition) is 1. The van der Waals surface area contributed by atoms with Crippen LogP contribution in [0.2, 0.25) is 5.02 Å². The first kappa shape index (κ1) is 14.6. The van der Waals surface area contributed by atoms with Crippen molar-refractivity contribution in [3.8, 4) is 0 Å². The minimum Gasteiger partial charge on any atom is -0.550 e. The van der Waals surface area contributed by atoms with Gasteiger partial charge in [0.25, 0.3) is 0 Å². The average Bonchev–Trinajstić information content (AvgIpc) is 2.42. The van der Waals surface area contributed by atoms with Crippen LogP contribution in [0.3, 0.4) is 0 Å². The smallest absolute Gasteiger partial charge is 0.228 e. The normalized spacial score (nSPS) is 21.5. The lowest BCUT2D eigenvalue weighted by Crippen LogP contribution is -2.41. The second-order valence-electron chi connectivity index (χ2n) is 4.92. The van der Waals surface area contributed by atoms with Crippen LogP contribution in [0, 0.1) is 18.8 Å². The zero-order chi connectivity index (χ0) is 14.7. The van der Waals surface area contributed by atoms with E-state index in [-0.39, 0.29) is 5.91 Å². The molecule has 1 aromatic carbocycles. The Kier molecular flexibility index (Phi) is 4.45. The summed E-state index contributed by atoms with van der Waals surface area (Å²) in [5, 5.41) is 14.4. The summed E-state index contributed by atoms with van der Waals surface area (Å²) in [5.74, 6) is -2.88. The fourth-order valence-corrected chi connectivity index (χ4v) is 2.49. The fraction of sp³-hybridized carbons (Fsp3) is 0.333. The van der Waals surface area contributed by atoms with Crippen molar-refractivity contribution in [1.29, 1.82) is 0 Å². The molecule has 1 aromatic rings. The van der Waals surface area contributed by atoms with E-state index < -0.39 is 17.8 Å². The maximum atomic E-state index is 12.3. The quantitative estimate of drug-likeness (QED) is 0.865. The molecule has 4 nitrogen and oxygen atoms in total. The number of aryl methyl sites for hydroxylation is 1. The van der Waals surface area contributed by atoms with Crippen LogP contribution in [0.25, 0.3) is 0 Å². The molecule has 5 heteroatoms. The molecule has 0 spiro atoms. The van der Waals surface area contributed by atoms with Crippen molar-refractivity contribution < 1.29 is 14.7 Å². The van der Waals surface area contributed by atoms with Gasteiger partial charge in [0, 0.05) is 22.6 Å². The van der Waals surface area contributed by atoms with Crippen LogP contribution in [-0.4, -0.2) is 11.9 Å². The number of amides is 1. The second-order valence-corrected chi connectivity index (χ2v) is 5.36. The zero-order valence-corrected chi connectivity index (χ0v) is 11.8. The molecular formula is C15H15ClNO3-. The molecule has 0 aromatic heterocycles. The maximum Gasteiger partial charge on any atom is 0.228 e. The van der Waals surface area contributed by atoms with E-state index in [1.54, 1.807) is 24.3 Å². The standard InChI is InChI=1S/C15H16ClNO3/c1-9-6-7-10(16)8-13(9)17-14(18)11-4-2-3-5-12(11)15(19)20/h2-3,6-8,11-12H,4-5H2,1H3,(H,17,18)(H,19,20)/p-1/t11-,12+/m1/s1. The Morgan fingerprint density at radius 2 is 1.90 bits per heavy atom. The Hall–Kier alpha value is -1.81. The lowest BCUT2D eigenvalue weighted by atomic mass is 9.82. The molecule has 0 saturated heterocycles. The minimum atomic E-state index is -1.18. The Balaban J connectivity index is 2.16. The Morgan fingerprint density at radius 1 is 1.25 bits per heavy atom. The van der Waals surface area contributed by atoms with Gasteiger partial charge < -0.3 is 15.2 Å². The van der Waals surface area contributed by atoms with Crippen LogP contribution in [0.4, 0.5) is 5.69 Å². The van der Waals surface area contributed by atoms with Crippen molar-refractivity contribution >= 4 is 29.2 Å². The molecule has 0 bridgehead atoms. The fourth-order valence-electron chi connectivity index (χ4n) is 2.32. The Morgan fingerprint density at radius 3 is 2.55 bits per heavy atom. The van der Waals surface area contributed by atoms with E-state index in [0.717, 1.165) is 5.56 Å². The van der Waals surface area contributed by atoms with Gasteiger partial charge in [0.2, 0.25) is 5.91 Å². The first-order valence-corrected chi connectivity index (χ1v) is 6.79. The third kappa shape index (κ3) is 3.20. The molecule has 1 amide bonds. The lowest BCUT2D eigenvalue weighted by Gasteiger charge is -2.28. The third-order valence-corrected chi connectivity index (χ3v) is 3.76. The summed E-state index contributed by atoms with van der Waals surface area (Å²) in [5.41, 5.74) is 1.48. The van der Waals surface area contributed by atoms with Gasteiger partial charge >= 0.3 is 0 Å². The van der Waals surface area contributed by atoms with Crippen molar-refractivity contribution in [2.45, 2.75) is 19.8 Å². The summed E-state index contributed by atoms with van der Waals surface area (Å²) in [4.78, 5) is 23.4. The number of aliphatic carboxylic acids is 1. The third-order valence-electron chi connectivity index (χ3n) is 3.53. The van der Waals surface area contributed by atoms with Crippen LogP contribution in [0.15, 0.2) is 30.4 Å². The summed E-state index contributed by atoms with van der Waals surface area (Å²) < 4.78 is 0. The summed E-state index contributed by atoms with van der Waals surface area (Å²) in [6, 6.07) is 5.19. The van der Waals surface area contributed by atoms with Gasteiger partial charge in [0.05, 0.1) is 5.92 Å². The van der Waals surface area contributed by atoms with E-state index in [1.807, 2.05) is 13.0 Å². The monoisotopic (exact) mass is 292 g/mol. The van der Waals surface area contributed by atoms with Crippen LogP contribution >= 0.6 is 11.6 Å². The molecular weight excluding hydrogens is 278 g/mol. The van der Waals surface area contributed by atoms with Gasteiger partial charge in [0.15, 0.2) is 0 Å². The van der Waals surface area contributed by atoms with E-state index in [1.165, 1.54) is 0 Å². The van der Waals surface area contributed by atoms with Crippen molar-refractivity contribution in [3.63, 3.8) is 0 Å². The first-order valence-electron chi connectivity index (χ1n) is 6.42. The predicted octanol–water partition coefficient (Wildman–Crippen LogP) is 1.92. The molecule has 0 radical (unpaired) electrons. The van der Waals surface area contributed by atoms with Crippen molar-refractivity contribution in [1.82, 2.24) is 0 Å². The van der Waals surface area contributed by atoms with Gasteiger partial charge in [-0.1, -0.05) is 29.8 Å². The molecule has 0 heterocycles. The van der Waals surface area contributed by atoms with E-state index >= 15 is 0 Å². The molecule has 20 heavy (non-hydrogen) atoms. The number of carbonyl (C=O) groups excluding carboxylic acids is 2. The molecule has 1 N–H and O–H groups in total. The number of carboxylic acid groups (broad SMARTS) is 1. The maximum absolute atomic E-state index is 12.3. The van der Waals surface area contributed by atoms with Crippen LogP contribution in [0.1, 0.15) is 18.4 Å². The summed E-state index contributed by atoms with van der Waals surface area (Å²) in [6.07, 6.45) is 4.34. The van der Waals surface area contributed by atoms with Gasteiger partial charge in [-0.3, -0.25) is 4.79 Å². The highest BCUT2D eigenvalue weighted by Gasteiger charge is 2.29. The van der Waals surface area contributed by atoms with Crippen molar-refractivity contribution in [2.75, 3.05) is 5.32 Å². The van der Waals surface area contributed by atoms with E-state index in [2.05, 4.69) is 5.32 Å². The predicted molar refractivity (Wildman–Crippen MR) is 75.2 cm³/mol. The lowest BCUT2D eigenvalue weighted by molar-refractivity contribution is -0.313. The molecule has 1 aliphatic rings. The molecule has 2 rings (SSSR count). The largest absolute Gasteiger partial charge is 0.550 e. The number of halogens is 1. The van der Waals surface area contributed by atoms with Gasteiger partial charge in [-0.2, -0.15) is 0 Å². The van der Waals surface area contributed by atoms with Gasteiger partial charge in [-0.05, 0) is 37.5 Å². The topological polar surface area (TPSA) is 69.2 Å². The van der Waals surface area contributed by atoms with Gasteiger partial charge in [-0.15, -0.1) is 0 Å². The molecule has 2 atom stereocenters. The average molecular weight is 293 g/mol.